The van der Waals surface area contributed by atoms with Crippen molar-refractivity contribution < 1.29 is 32.6 Å². The van der Waals surface area contributed by atoms with Gasteiger partial charge in [-0.25, -0.2) is 9.59 Å². The molecule has 2 aromatic carbocycles. The number of ether oxygens (including phenoxy) is 2. The lowest BCUT2D eigenvalue weighted by molar-refractivity contribution is -0.123. The van der Waals surface area contributed by atoms with Gasteiger partial charge in [0, 0.05) is 5.69 Å². The monoisotopic (exact) mass is 364 g/mol. The minimum absolute atomic E-state index is 0.0353. The number of alkyl halides is 2. The molecule has 0 radical (unpaired) electrons. The van der Waals surface area contributed by atoms with Crippen LogP contribution in [0.1, 0.15) is 10.4 Å². The second-order valence-electron chi connectivity index (χ2n) is 4.85. The number of para-hydroxylation sites is 1. The molecule has 0 spiro atoms. The fourth-order valence-corrected chi connectivity index (χ4v) is 1.83. The van der Waals surface area contributed by atoms with Crippen LogP contribution in [-0.2, 0) is 9.53 Å². The summed E-state index contributed by atoms with van der Waals surface area (Å²) in [5.41, 5.74) is 0.522. The first kappa shape index (κ1) is 18.8. The van der Waals surface area contributed by atoms with Crippen LogP contribution in [0.15, 0.2) is 54.6 Å². The first-order valence-electron chi connectivity index (χ1n) is 7.32. The van der Waals surface area contributed by atoms with E-state index in [9.17, 15) is 23.2 Å². The molecular weight excluding hydrogens is 350 g/mol. The quantitative estimate of drug-likeness (QED) is 0.769. The first-order chi connectivity index (χ1) is 12.4. The van der Waals surface area contributed by atoms with E-state index >= 15 is 0 Å². The summed E-state index contributed by atoms with van der Waals surface area (Å²) in [4.78, 5) is 35.0. The molecule has 0 bridgehead atoms. The van der Waals surface area contributed by atoms with Crippen molar-refractivity contribution in [1.29, 1.82) is 0 Å². The number of urea groups is 1. The van der Waals surface area contributed by atoms with Gasteiger partial charge in [0.15, 0.2) is 6.61 Å². The van der Waals surface area contributed by atoms with E-state index in [1.165, 1.54) is 12.1 Å². The number of amides is 3. The van der Waals surface area contributed by atoms with Gasteiger partial charge < -0.3 is 14.8 Å². The van der Waals surface area contributed by atoms with Crippen LogP contribution < -0.4 is 15.4 Å². The van der Waals surface area contributed by atoms with Crippen LogP contribution in [0, 0.1) is 0 Å². The Labute approximate surface area is 146 Å². The second-order valence-corrected chi connectivity index (χ2v) is 4.85. The zero-order valence-corrected chi connectivity index (χ0v) is 13.3. The molecule has 0 unspecified atom stereocenters. The molecule has 0 fully saturated rings. The van der Waals surface area contributed by atoms with Crippen molar-refractivity contribution in [3.63, 3.8) is 0 Å². The minimum Gasteiger partial charge on any atom is -0.452 e. The highest BCUT2D eigenvalue weighted by Crippen LogP contribution is 2.15. The fraction of sp³-hybridized carbons (Fsp3) is 0.118. The molecule has 26 heavy (non-hydrogen) atoms. The highest BCUT2D eigenvalue weighted by atomic mass is 19.3. The molecule has 0 saturated heterocycles. The Hall–Kier alpha value is -3.49. The number of hydrogen-bond acceptors (Lipinski definition) is 5. The molecule has 0 atom stereocenters. The maximum atomic E-state index is 12.0. The van der Waals surface area contributed by atoms with Crippen molar-refractivity contribution in [3.8, 4) is 5.75 Å². The third kappa shape index (κ3) is 6.19. The van der Waals surface area contributed by atoms with Gasteiger partial charge in [-0.15, -0.1) is 0 Å². The SMILES string of the molecule is O=C(COC(=O)c1ccc(OC(F)F)cc1)NC(=O)Nc1ccccc1. The summed E-state index contributed by atoms with van der Waals surface area (Å²) in [5, 5.41) is 4.42. The number of esters is 1. The fourth-order valence-electron chi connectivity index (χ4n) is 1.83. The Morgan fingerprint density at radius 3 is 2.23 bits per heavy atom. The lowest BCUT2D eigenvalue weighted by Crippen LogP contribution is -2.37. The number of imide groups is 1. The number of halogens is 2. The van der Waals surface area contributed by atoms with Crippen LogP contribution in [0.3, 0.4) is 0 Å². The van der Waals surface area contributed by atoms with E-state index < -0.39 is 31.1 Å². The van der Waals surface area contributed by atoms with E-state index in [4.69, 9.17) is 4.74 Å². The molecule has 2 rings (SSSR count). The molecular formula is C17H14F2N2O5. The lowest BCUT2D eigenvalue weighted by atomic mass is 10.2. The van der Waals surface area contributed by atoms with Gasteiger partial charge >= 0.3 is 18.6 Å². The van der Waals surface area contributed by atoms with Crippen LogP contribution in [0.4, 0.5) is 19.3 Å². The number of benzene rings is 2. The molecule has 0 saturated carbocycles. The van der Waals surface area contributed by atoms with Crippen molar-refractivity contribution in [1.82, 2.24) is 5.32 Å². The predicted molar refractivity (Wildman–Crippen MR) is 87.0 cm³/mol. The smallest absolute Gasteiger partial charge is 0.387 e. The van der Waals surface area contributed by atoms with Gasteiger partial charge in [0.1, 0.15) is 5.75 Å². The topological polar surface area (TPSA) is 93.7 Å². The summed E-state index contributed by atoms with van der Waals surface area (Å²) in [6, 6.07) is 12.4. The number of rotatable bonds is 6. The second kappa shape index (κ2) is 9.11. The van der Waals surface area contributed by atoms with Gasteiger partial charge in [-0.05, 0) is 36.4 Å². The number of nitrogens with one attached hydrogen (secondary N) is 2. The van der Waals surface area contributed by atoms with Crippen LogP contribution in [0.25, 0.3) is 0 Å². The summed E-state index contributed by atoms with van der Waals surface area (Å²) in [5.74, 6) is -1.80. The summed E-state index contributed by atoms with van der Waals surface area (Å²) in [6.07, 6.45) is 0. The Morgan fingerprint density at radius 2 is 1.62 bits per heavy atom. The highest BCUT2D eigenvalue weighted by Gasteiger charge is 2.13. The molecule has 2 aromatic rings. The predicted octanol–water partition coefficient (Wildman–Crippen LogP) is 2.79. The minimum atomic E-state index is -2.97. The maximum Gasteiger partial charge on any atom is 0.387 e. The zero-order valence-electron chi connectivity index (χ0n) is 13.3. The molecule has 7 nitrogen and oxygen atoms in total. The summed E-state index contributed by atoms with van der Waals surface area (Å²) in [6.45, 7) is -3.66. The zero-order chi connectivity index (χ0) is 18.9. The van der Waals surface area contributed by atoms with E-state index in [2.05, 4.69) is 10.1 Å². The Bertz CT molecular complexity index is 766. The van der Waals surface area contributed by atoms with Crippen molar-refractivity contribution >= 4 is 23.6 Å². The molecule has 9 heteroatoms. The largest absolute Gasteiger partial charge is 0.452 e. The highest BCUT2D eigenvalue weighted by molar-refractivity contribution is 6.02. The summed E-state index contributed by atoms with van der Waals surface area (Å²) in [7, 11) is 0. The van der Waals surface area contributed by atoms with Gasteiger partial charge in [0.2, 0.25) is 0 Å². The first-order valence-corrected chi connectivity index (χ1v) is 7.32. The molecule has 0 aromatic heterocycles. The molecule has 2 N–H and O–H groups in total. The standard InChI is InChI=1S/C17H14F2N2O5/c18-16(19)26-13-8-6-11(7-9-13)15(23)25-10-14(22)21-17(24)20-12-4-2-1-3-5-12/h1-9,16H,10H2,(H2,20,21,22,24). The van der Waals surface area contributed by atoms with Crippen LogP contribution in [0.2, 0.25) is 0 Å². The van der Waals surface area contributed by atoms with Crippen LogP contribution in [0.5, 0.6) is 5.75 Å². The molecule has 0 heterocycles. The van der Waals surface area contributed by atoms with E-state index in [-0.39, 0.29) is 11.3 Å². The summed E-state index contributed by atoms with van der Waals surface area (Å²) >= 11 is 0. The molecule has 3 amide bonds. The normalized spacial score (nSPS) is 10.1. The van der Waals surface area contributed by atoms with Crippen molar-refractivity contribution in [2.75, 3.05) is 11.9 Å². The Morgan fingerprint density at radius 1 is 0.962 bits per heavy atom. The van der Waals surface area contributed by atoms with Gasteiger partial charge in [-0.1, -0.05) is 18.2 Å². The third-order valence-corrected chi connectivity index (χ3v) is 2.93. The van der Waals surface area contributed by atoms with Gasteiger partial charge in [0.25, 0.3) is 5.91 Å². The molecule has 136 valence electrons. The summed E-state index contributed by atoms with van der Waals surface area (Å²) < 4.78 is 33.0. The average Bonchev–Trinajstić information content (AvgIpc) is 2.60. The van der Waals surface area contributed by atoms with Crippen LogP contribution in [-0.4, -0.2) is 31.1 Å². The molecule has 0 aliphatic carbocycles. The Balaban J connectivity index is 1.77. The van der Waals surface area contributed by atoms with Gasteiger partial charge in [-0.2, -0.15) is 8.78 Å². The van der Waals surface area contributed by atoms with E-state index in [1.54, 1.807) is 30.3 Å². The number of anilines is 1. The van der Waals surface area contributed by atoms with E-state index in [0.29, 0.717) is 5.69 Å². The van der Waals surface area contributed by atoms with Crippen molar-refractivity contribution in [3.05, 3.63) is 60.2 Å². The number of carbonyl (C=O) groups is 3. The van der Waals surface area contributed by atoms with E-state index in [0.717, 1.165) is 12.1 Å². The van der Waals surface area contributed by atoms with Gasteiger partial charge in [-0.3, -0.25) is 10.1 Å². The third-order valence-electron chi connectivity index (χ3n) is 2.93. The van der Waals surface area contributed by atoms with E-state index in [1.807, 2.05) is 5.32 Å². The van der Waals surface area contributed by atoms with Crippen LogP contribution >= 0.6 is 0 Å². The van der Waals surface area contributed by atoms with Crippen molar-refractivity contribution in [2.45, 2.75) is 6.61 Å². The number of hydrogen-bond donors (Lipinski definition) is 2. The molecule has 0 aliphatic heterocycles. The van der Waals surface area contributed by atoms with Crippen molar-refractivity contribution in [2.24, 2.45) is 0 Å². The maximum absolute atomic E-state index is 12.0. The lowest BCUT2D eigenvalue weighted by Gasteiger charge is -2.08. The average molecular weight is 364 g/mol. The Kier molecular flexibility index (Phi) is 6.60. The number of carbonyl (C=O) groups excluding carboxylic acids is 3. The van der Waals surface area contributed by atoms with Gasteiger partial charge in [0.05, 0.1) is 5.56 Å². The molecule has 0 aliphatic rings.